The van der Waals surface area contributed by atoms with Crippen LogP contribution in [0.25, 0.3) is 0 Å². The predicted octanol–water partition coefficient (Wildman–Crippen LogP) is 2.63. The van der Waals surface area contributed by atoms with Crippen molar-refractivity contribution in [1.82, 2.24) is 25.3 Å². The fourth-order valence-corrected chi connectivity index (χ4v) is 2.36. The highest BCUT2D eigenvalue weighted by molar-refractivity contribution is 7.80. The lowest BCUT2D eigenvalue weighted by Crippen LogP contribution is -2.34. The summed E-state index contributed by atoms with van der Waals surface area (Å²) in [6.45, 7) is 0.588. The van der Waals surface area contributed by atoms with Crippen LogP contribution >= 0.6 is 12.2 Å². The zero-order valence-electron chi connectivity index (χ0n) is 14.3. The van der Waals surface area contributed by atoms with Crippen molar-refractivity contribution in [1.29, 1.82) is 0 Å². The normalized spacial score (nSPS) is 10.0. The molecule has 0 aromatic carbocycles. The largest absolute Gasteiger partial charge is 0.345 e. The quantitative estimate of drug-likeness (QED) is 0.428. The van der Waals surface area contributed by atoms with Crippen LogP contribution in [0.2, 0.25) is 0 Å². The molecule has 0 amide bonds. The van der Waals surface area contributed by atoms with E-state index < -0.39 is 0 Å². The van der Waals surface area contributed by atoms with Gasteiger partial charge in [-0.2, -0.15) is 5.10 Å². The van der Waals surface area contributed by atoms with Crippen LogP contribution in [0.3, 0.4) is 0 Å². The molecule has 0 aliphatic carbocycles. The van der Waals surface area contributed by atoms with Crippen molar-refractivity contribution in [2.24, 2.45) is 5.10 Å². The number of rotatable bonds is 5. The molecule has 1 N–H and O–H groups in total. The number of nitrogens with zero attached hydrogens (tertiary/aromatic N) is 5. The molecule has 3 aromatic heterocycles. The molecular formula is C19H18N6S. The van der Waals surface area contributed by atoms with E-state index in [1.165, 1.54) is 0 Å². The zero-order chi connectivity index (χ0) is 18.2. The fraction of sp³-hybridized carbons (Fsp3) is 0.105. The van der Waals surface area contributed by atoms with Gasteiger partial charge in [-0.05, 0) is 48.6 Å². The number of pyridine rings is 3. The molecular weight excluding hydrogens is 344 g/mol. The SMILES string of the molecule is CN(Cc1ccccn1)C(=S)NN=C(c1ccccn1)c1ccccn1. The summed E-state index contributed by atoms with van der Waals surface area (Å²) in [7, 11) is 1.89. The third kappa shape index (κ3) is 4.67. The maximum atomic E-state index is 5.43. The zero-order valence-corrected chi connectivity index (χ0v) is 15.1. The van der Waals surface area contributed by atoms with Crippen molar-refractivity contribution in [3.63, 3.8) is 0 Å². The molecule has 26 heavy (non-hydrogen) atoms. The molecule has 0 unspecified atom stereocenters. The Hall–Kier alpha value is -3.19. The number of hydrogen-bond acceptors (Lipinski definition) is 5. The molecule has 0 spiro atoms. The molecule has 0 radical (unpaired) electrons. The highest BCUT2D eigenvalue weighted by Gasteiger charge is 2.11. The number of aromatic nitrogens is 3. The summed E-state index contributed by atoms with van der Waals surface area (Å²) in [6, 6.07) is 17.1. The fourth-order valence-electron chi connectivity index (χ4n) is 2.25. The Morgan fingerprint density at radius 3 is 2.00 bits per heavy atom. The van der Waals surface area contributed by atoms with E-state index in [2.05, 4.69) is 25.5 Å². The average molecular weight is 362 g/mol. The lowest BCUT2D eigenvalue weighted by Gasteiger charge is -2.19. The van der Waals surface area contributed by atoms with Crippen LogP contribution in [0.4, 0.5) is 0 Å². The number of thiocarbonyl (C=S) groups is 1. The van der Waals surface area contributed by atoms with Crippen LogP contribution in [-0.4, -0.2) is 37.7 Å². The van der Waals surface area contributed by atoms with Gasteiger partial charge >= 0.3 is 0 Å². The molecule has 7 heteroatoms. The third-order valence-electron chi connectivity index (χ3n) is 3.55. The van der Waals surface area contributed by atoms with E-state index in [0.717, 1.165) is 5.69 Å². The molecule has 3 rings (SSSR count). The third-order valence-corrected chi connectivity index (χ3v) is 3.95. The van der Waals surface area contributed by atoms with Gasteiger partial charge in [0.1, 0.15) is 5.71 Å². The molecule has 3 heterocycles. The van der Waals surface area contributed by atoms with Gasteiger partial charge in [-0.3, -0.25) is 20.4 Å². The molecule has 0 aliphatic heterocycles. The minimum Gasteiger partial charge on any atom is -0.345 e. The number of hydrazone groups is 1. The lowest BCUT2D eigenvalue weighted by molar-refractivity contribution is 0.484. The van der Waals surface area contributed by atoms with Gasteiger partial charge < -0.3 is 4.90 Å². The molecule has 3 aromatic rings. The molecule has 130 valence electrons. The number of nitrogens with one attached hydrogen (secondary N) is 1. The summed E-state index contributed by atoms with van der Waals surface area (Å²) in [5, 5.41) is 4.95. The van der Waals surface area contributed by atoms with Crippen molar-refractivity contribution in [3.8, 4) is 0 Å². The Balaban J connectivity index is 1.77. The molecule has 0 bridgehead atoms. The van der Waals surface area contributed by atoms with E-state index in [0.29, 0.717) is 28.8 Å². The summed E-state index contributed by atoms with van der Waals surface area (Å²) in [4.78, 5) is 14.9. The van der Waals surface area contributed by atoms with Crippen LogP contribution in [0.5, 0.6) is 0 Å². The van der Waals surface area contributed by atoms with Crippen molar-refractivity contribution >= 4 is 23.0 Å². The Labute approximate surface area is 157 Å². The van der Waals surface area contributed by atoms with Crippen LogP contribution < -0.4 is 5.43 Å². The van der Waals surface area contributed by atoms with Crippen LogP contribution in [0.1, 0.15) is 17.1 Å². The maximum Gasteiger partial charge on any atom is 0.189 e. The molecule has 6 nitrogen and oxygen atoms in total. The van der Waals surface area contributed by atoms with Crippen LogP contribution in [0.15, 0.2) is 78.3 Å². The van der Waals surface area contributed by atoms with Gasteiger partial charge in [0.05, 0.1) is 23.6 Å². The highest BCUT2D eigenvalue weighted by Crippen LogP contribution is 2.06. The van der Waals surface area contributed by atoms with Crippen molar-refractivity contribution in [2.75, 3.05) is 7.05 Å². The Morgan fingerprint density at radius 2 is 1.50 bits per heavy atom. The van der Waals surface area contributed by atoms with E-state index in [1.54, 1.807) is 18.6 Å². The summed E-state index contributed by atoms with van der Waals surface area (Å²) in [5.74, 6) is 0. The van der Waals surface area contributed by atoms with E-state index in [1.807, 2.05) is 66.5 Å². The van der Waals surface area contributed by atoms with Gasteiger partial charge in [-0.15, -0.1) is 0 Å². The van der Waals surface area contributed by atoms with E-state index >= 15 is 0 Å². The van der Waals surface area contributed by atoms with Crippen LogP contribution in [-0.2, 0) is 6.54 Å². The Kier molecular flexibility index (Phi) is 5.95. The summed E-state index contributed by atoms with van der Waals surface area (Å²) in [6.07, 6.45) is 5.21. The van der Waals surface area contributed by atoms with E-state index in [9.17, 15) is 0 Å². The van der Waals surface area contributed by atoms with Crippen LogP contribution in [0, 0.1) is 0 Å². The van der Waals surface area contributed by atoms with Gasteiger partial charge in [0.2, 0.25) is 0 Å². The Bertz CT molecular complexity index is 827. The summed E-state index contributed by atoms with van der Waals surface area (Å²) >= 11 is 5.43. The lowest BCUT2D eigenvalue weighted by atomic mass is 10.1. The summed E-state index contributed by atoms with van der Waals surface area (Å²) < 4.78 is 0. The first-order valence-corrected chi connectivity index (χ1v) is 8.46. The van der Waals surface area contributed by atoms with Gasteiger partial charge in [-0.25, -0.2) is 0 Å². The topological polar surface area (TPSA) is 66.3 Å². The first-order valence-electron chi connectivity index (χ1n) is 8.05. The monoisotopic (exact) mass is 362 g/mol. The van der Waals surface area contributed by atoms with E-state index in [-0.39, 0.29) is 0 Å². The van der Waals surface area contributed by atoms with Gasteiger partial charge in [0.25, 0.3) is 0 Å². The van der Waals surface area contributed by atoms with E-state index in [4.69, 9.17) is 12.2 Å². The average Bonchev–Trinajstić information content (AvgIpc) is 2.70. The molecule has 0 aliphatic rings. The molecule has 0 fully saturated rings. The summed E-state index contributed by atoms with van der Waals surface area (Å²) in [5.41, 5.74) is 5.92. The van der Waals surface area contributed by atoms with Crippen molar-refractivity contribution < 1.29 is 0 Å². The van der Waals surface area contributed by atoms with Gasteiger partial charge in [-0.1, -0.05) is 18.2 Å². The number of hydrogen-bond donors (Lipinski definition) is 1. The first kappa shape index (κ1) is 17.6. The van der Waals surface area contributed by atoms with Gasteiger partial charge in [0.15, 0.2) is 5.11 Å². The molecule has 0 atom stereocenters. The second-order valence-corrected chi connectivity index (χ2v) is 5.87. The van der Waals surface area contributed by atoms with Gasteiger partial charge in [0, 0.05) is 25.6 Å². The molecule has 0 saturated heterocycles. The smallest absolute Gasteiger partial charge is 0.189 e. The highest BCUT2D eigenvalue weighted by atomic mass is 32.1. The second-order valence-electron chi connectivity index (χ2n) is 5.48. The Morgan fingerprint density at radius 1 is 0.923 bits per heavy atom. The minimum absolute atomic E-state index is 0.486. The van der Waals surface area contributed by atoms with Crippen molar-refractivity contribution in [2.45, 2.75) is 6.54 Å². The standard InChI is InChI=1S/C19H18N6S/c1-25(14-15-8-2-5-11-20-15)19(26)24-23-18(16-9-3-6-12-21-16)17-10-4-7-13-22-17/h2-13H,14H2,1H3,(H,24,26). The minimum atomic E-state index is 0.486. The predicted molar refractivity (Wildman–Crippen MR) is 106 cm³/mol. The second kappa shape index (κ2) is 8.77. The maximum absolute atomic E-state index is 5.43. The first-order chi connectivity index (χ1) is 12.7. The molecule has 0 saturated carbocycles. The van der Waals surface area contributed by atoms with Crippen molar-refractivity contribution in [3.05, 3.63) is 90.3 Å².